The average molecular weight is 261 g/mol. The first-order chi connectivity index (χ1) is 8.70. The van der Waals surface area contributed by atoms with Crippen LogP contribution in [0.15, 0.2) is 36.0 Å². The monoisotopic (exact) mass is 261 g/mol. The van der Waals surface area contributed by atoms with Gasteiger partial charge >= 0.3 is 0 Å². The molecule has 0 bridgehead atoms. The highest BCUT2D eigenvalue weighted by atomic mass is 32.1. The first kappa shape index (κ1) is 13.1. The molecular formula is C14H19N3S. The number of thiazole rings is 1. The van der Waals surface area contributed by atoms with Crippen LogP contribution in [-0.2, 0) is 6.42 Å². The molecular weight excluding hydrogens is 242 g/mol. The molecule has 0 spiro atoms. The van der Waals surface area contributed by atoms with Crippen molar-refractivity contribution < 1.29 is 0 Å². The van der Waals surface area contributed by atoms with E-state index < -0.39 is 0 Å². The third-order valence-corrected chi connectivity index (χ3v) is 3.85. The smallest absolute Gasteiger partial charge is 0.0794 e. The summed E-state index contributed by atoms with van der Waals surface area (Å²) in [5, 5.41) is 3.37. The number of aromatic nitrogens is 1. The molecule has 1 atom stereocenters. The van der Waals surface area contributed by atoms with Gasteiger partial charge in [0.05, 0.1) is 5.51 Å². The van der Waals surface area contributed by atoms with Gasteiger partial charge in [-0.15, -0.1) is 11.3 Å². The van der Waals surface area contributed by atoms with Crippen LogP contribution in [0.4, 0.5) is 5.69 Å². The maximum absolute atomic E-state index is 4.12. The molecule has 18 heavy (non-hydrogen) atoms. The number of benzene rings is 1. The maximum Gasteiger partial charge on any atom is 0.0794 e. The van der Waals surface area contributed by atoms with E-state index in [2.05, 4.69) is 53.6 Å². The van der Waals surface area contributed by atoms with Gasteiger partial charge in [0.25, 0.3) is 0 Å². The fourth-order valence-corrected chi connectivity index (χ4v) is 2.58. The third kappa shape index (κ3) is 3.09. The van der Waals surface area contributed by atoms with Gasteiger partial charge in [-0.3, -0.25) is 4.98 Å². The molecule has 2 rings (SSSR count). The molecule has 0 aliphatic rings. The molecule has 0 amide bonds. The van der Waals surface area contributed by atoms with Gasteiger partial charge in [0.15, 0.2) is 0 Å². The van der Waals surface area contributed by atoms with Crippen molar-refractivity contribution >= 4 is 17.0 Å². The van der Waals surface area contributed by atoms with Gasteiger partial charge in [-0.1, -0.05) is 12.1 Å². The van der Waals surface area contributed by atoms with Gasteiger partial charge in [-0.2, -0.15) is 0 Å². The molecule has 4 heteroatoms. The minimum Gasteiger partial charge on any atom is -0.378 e. The molecule has 1 aromatic carbocycles. The second kappa shape index (κ2) is 5.98. The minimum atomic E-state index is 0.349. The quantitative estimate of drug-likeness (QED) is 0.897. The average Bonchev–Trinajstić information content (AvgIpc) is 2.89. The van der Waals surface area contributed by atoms with E-state index in [1.807, 2.05) is 18.8 Å². The normalized spacial score (nSPS) is 12.4. The first-order valence-corrected chi connectivity index (χ1v) is 6.90. The zero-order valence-corrected chi connectivity index (χ0v) is 11.9. The predicted octanol–water partition coefficient (Wildman–Crippen LogP) is 2.71. The van der Waals surface area contributed by atoms with E-state index in [0.29, 0.717) is 6.04 Å². The van der Waals surface area contributed by atoms with Crippen molar-refractivity contribution in [1.29, 1.82) is 0 Å². The molecule has 1 N–H and O–H groups in total. The van der Waals surface area contributed by atoms with Crippen molar-refractivity contribution in [1.82, 2.24) is 10.3 Å². The Morgan fingerprint density at radius 3 is 2.50 bits per heavy atom. The first-order valence-electron chi connectivity index (χ1n) is 6.02. The largest absolute Gasteiger partial charge is 0.378 e. The molecule has 0 aliphatic carbocycles. The lowest BCUT2D eigenvalue weighted by Crippen LogP contribution is -2.18. The second-order valence-corrected chi connectivity index (χ2v) is 5.47. The highest BCUT2D eigenvalue weighted by molar-refractivity contribution is 7.09. The molecule has 96 valence electrons. The van der Waals surface area contributed by atoms with Crippen molar-refractivity contribution in [2.75, 3.05) is 26.0 Å². The van der Waals surface area contributed by atoms with E-state index in [1.165, 1.54) is 16.1 Å². The third-order valence-electron chi connectivity index (χ3n) is 3.05. The highest BCUT2D eigenvalue weighted by Crippen LogP contribution is 2.22. The Morgan fingerprint density at radius 2 is 2.00 bits per heavy atom. The molecule has 3 nitrogen and oxygen atoms in total. The van der Waals surface area contributed by atoms with Gasteiger partial charge in [0, 0.05) is 43.3 Å². The van der Waals surface area contributed by atoms with Crippen molar-refractivity contribution in [2.45, 2.75) is 12.5 Å². The van der Waals surface area contributed by atoms with Crippen LogP contribution in [0.2, 0.25) is 0 Å². The Kier molecular flexibility index (Phi) is 4.33. The fourth-order valence-electron chi connectivity index (χ4n) is 1.94. The highest BCUT2D eigenvalue weighted by Gasteiger charge is 2.11. The Hall–Kier alpha value is -1.39. The van der Waals surface area contributed by atoms with Crippen molar-refractivity contribution in [3.05, 3.63) is 46.4 Å². The van der Waals surface area contributed by atoms with E-state index in [4.69, 9.17) is 0 Å². The van der Waals surface area contributed by atoms with E-state index in [0.717, 1.165) is 6.42 Å². The number of nitrogens with one attached hydrogen (secondary N) is 1. The van der Waals surface area contributed by atoms with Crippen LogP contribution in [0.1, 0.15) is 16.5 Å². The van der Waals surface area contributed by atoms with Crippen LogP contribution < -0.4 is 10.2 Å². The maximum atomic E-state index is 4.12. The van der Waals surface area contributed by atoms with Gasteiger partial charge < -0.3 is 10.2 Å². The molecule has 0 radical (unpaired) electrons. The van der Waals surface area contributed by atoms with Crippen LogP contribution in [-0.4, -0.2) is 26.1 Å². The lowest BCUT2D eigenvalue weighted by atomic mass is 10.0. The zero-order chi connectivity index (χ0) is 13.0. The predicted molar refractivity (Wildman–Crippen MR) is 78.4 cm³/mol. The zero-order valence-electron chi connectivity index (χ0n) is 11.1. The molecule has 2 aromatic rings. The van der Waals surface area contributed by atoms with Crippen LogP contribution in [0, 0.1) is 0 Å². The summed E-state index contributed by atoms with van der Waals surface area (Å²) in [4.78, 5) is 7.55. The number of anilines is 1. The molecule has 0 saturated heterocycles. The van der Waals surface area contributed by atoms with Crippen LogP contribution in [0.3, 0.4) is 0 Å². The standard InChI is InChI=1S/C14H19N3S/c1-15-14(8-13-9-16-10-18-13)11-4-6-12(7-5-11)17(2)3/h4-7,9-10,14-15H,8H2,1-3H3. The lowest BCUT2D eigenvalue weighted by Gasteiger charge is -2.18. The Bertz CT molecular complexity index is 462. The molecule has 1 unspecified atom stereocenters. The van der Waals surface area contributed by atoms with E-state index in [1.54, 1.807) is 11.3 Å². The van der Waals surface area contributed by atoms with E-state index >= 15 is 0 Å². The number of likely N-dealkylation sites (N-methyl/N-ethyl adjacent to an activating group) is 1. The summed E-state index contributed by atoms with van der Waals surface area (Å²) in [5.74, 6) is 0. The summed E-state index contributed by atoms with van der Waals surface area (Å²) in [6, 6.07) is 9.05. The number of nitrogens with zero attached hydrogens (tertiary/aromatic N) is 2. The van der Waals surface area contributed by atoms with Crippen molar-refractivity contribution in [2.24, 2.45) is 0 Å². The minimum absolute atomic E-state index is 0.349. The number of hydrogen-bond donors (Lipinski definition) is 1. The molecule has 1 heterocycles. The Labute approximate surface area is 112 Å². The lowest BCUT2D eigenvalue weighted by molar-refractivity contribution is 0.596. The summed E-state index contributed by atoms with van der Waals surface area (Å²) in [7, 11) is 6.12. The molecule has 0 fully saturated rings. The van der Waals surface area contributed by atoms with Crippen LogP contribution in [0.5, 0.6) is 0 Å². The van der Waals surface area contributed by atoms with Crippen LogP contribution >= 0.6 is 11.3 Å². The van der Waals surface area contributed by atoms with E-state index in [9.17, 15) is 0 Å². The van der Waals surface area contributed by atoms with Gasteiger partial charge in [-0.25, -0.2) is 0 Å². The van der Waals surface area contributed by atoms with Crippen LogP contribution in [0.25, 0.3) is 0 Å². The second-order valence-electron chi connectivity index (χ2n) is 4.50. The summed E-state index contributed by atoms with van der Waals surface area (Å²) in [5.41, 5.74) is 4.43. The van der Waals surface area contributed by atoms with Gasteiger partial charge in [0.1, 0.15) is 0 Å². The summed E-state index contributed by atoms with van der Waals surface area (Å²) >= 11 is 1.71. The molecule has 0 aliphatic heterocycles. The molecule has 0 saturated carbocycles. The van der Waals surface area contributed by atoms with E-state index in [-0.39, 0.29) is 0 Å². The number of hydrogen-bond acceptors (Lipinski definition) is 4. The summed E-state index contributed by atoms with van der Waals surface area (Å²) in [6.07, 6.45) is 2.94. The Balaban J connectivity index is 2.12. The fraction of sp³-hybridized carbons (Fsp3) is 0.357. The summed E-state index contributed by atoms with van der Waals surface area (Å²) < 4.78 is 0. The van der Waals surface area contributed by atoms with Crippen molar-refractivity contribution in [3.8, 4) is 0 Å². The summed E-state index contributed by atoms with van der Waals surface area (Å²) in [6.45, 7) is 0. The van der Waals surface area contributed by atoms with Gasteiger partial charge in [-0.05, 0) is 24.7 Å². The number of rotatable bonds is 5. The Morgan fingerprint density at radius 1 is 1.28 bits per heavy atom. The topological polar surface area (TPSA) is 28.2 Å². The van der Waals surface area contributed by atoms with Gasteiger partial charge in [0.2, 0.25) is 0 Å². The SMILES string of the molecule is CNC(Cc1cncs1)c1ccc(N(C)C)cc1. The van der Waals surface area contributed by atoms with Crippen molar-refractivity contribution in [3.63, 3.8) is 0 Å². The molecule has 1 aromatic heterocycles.